The number of carbonyl (C=O) groups is 2. The van der Waals surface area contributed by atoms with E-state index in [2.05, 4.69) is 37.9 Å². The van der Waals surface area contributed by atoms with E-state index in [1.807, 2.05) is 0 Å². The number of ether oxygens (including phenoxy) is 6. The smallest absolute Gasteiger partial charge is 0.335 e. The van der Waals surface area contributed by atoms with Crippen LogP contribution in [0.1, 0.15) is 135 Å². The van der Waals surface area contributed by atoms with Crippen LogP contribution in [0.5, 0.6) is 5.75 Å². The summed E-state index contributed by atoms with van der Waals surface area (Å²) in [7, 11) is 1.54. The Kier molecular flexibility index (Phi) is 20.8. The fraction of sp³-hybridized carbons (Fsp3) is 0.849. The molecule has 3 aliphatic heterocycles. The quantitative estimate of drug-likeness (QED) is 0.0939. The molecule has 15 heteroatoms. The molecule has 7 aliphatic rings. The maximum atomic E-state index is 10.9. The van der Waals surface area contributed by atoms with Crippen molar-refractivity contribution >= 4 is 11.9 Å². The van der Waals surface area contributed by atoms with E-state index < -0.39 is 42.8 Å². The van der Waals surface area contributed by atoms with Gasteiger partial charge in [0, 0.05) is 45.9 Å². The summed E-state index contributed by atoms with van der Waals surface area (Å²) >= 11 is 0. The zero-order valence-electron chi connectivity index (χ0n) is 42.1. The fourth-order valence-electron chi connectivity index (χ4n) is 13.8. The van der Waals surface area contributed by atoms with Crippen LogP contribution in [0.25, 0.3) is 0 Å². The third kappa shape index (κ3) is 14.6. The SMILES string of the molecule is CC(=O)O.CC(CCC[C@@H](C)C1C(OC2CC(OC3CC(O)CCO3)C(O)CO2)CC2C3CCC4CC(O)CCC4(C)C3CCC21C)CNCCN1CCOCC1.COc1ccc(C(=O)O)cc1. The van der Waals surface area contributed by atoms with Gasteiger partial charge in [0.05, 0.1) is 63.5 Å². The van der Waals surface area contributed by atoms with E-state index in [4.69, 9.17) is 43.4 Å². The molecule has 15 unspecified atom stereocenters. The number of aliphatic hydroxyl groups excluding tert-OH is 3. The summed E-state index contributed by atoms with van der Waals surface area (Å²) in [6, 6.07) is 6.23. The molecule has 3 saturated heterocycles. The number of nitrogens with zero attached hydrogens (tertiary/aromatic N) is 1. The highest BCUT2D eigenvalue weighted by molar-refractivity contribution is 5.87. The van der Waals surface area contributed by atoms with E-state index in [0.29, 0.717) is 66.6 Å². The molecule has 7 fully saturated rings. The number of methoxy groups -OCH3 is 1. The molecule has 388 valence electrons. The molecule has 0 bridgehead atoms. The maximum Gasteiger partial charge on any atom is 0.335 e. The van der Waals surface area contributed by atoms with Gasteiger partial charge in [-0.3, -0.25) is 9.69 Å². The summed E-state index contributed by atoms with van der Waals surface area (Å²) in [5, 5.41) is 51.3. The lowest BCUT2D eigenvalue weighted by atomic mass is 9.44. The van der Waals surface area contributed by atoms with E-state index in [0.717, 1.165) is 84.0 Å². The number of rotatable bonds is 16. The highest BCUT2D eigenvalue weighted by Crippen LogP contribution is 2.69. The molecule has 8 rings (SSSR count). The number of fused-ring (bicyclic) bond motifs is 5. The second kappa shape index (κ2) is 25.8. The lowest BCUT2D eigenvalue weighted by molar-refractivity contribution is -0.282. The number of benzene rings is 1. The molecule has 0 aromatic heterocycles. The molecule has 0 amide bonds. The predicted molar refractivity (Wildman–Crippen MR) is 257 cm³/mol. The number of morpholine rings is 1. The molecule has 68 heavy (non-hydrogen) atoms. The molecular formula is C53H88N2O13. The molecule has 0 spiro atoms. The first-order chi connectivity index (χ1) is 32.5. The predicted octanol–water partition coefficient (Wildman–Crippen LogP) is 6.84. The zero-order valence-corrected chi connectivity index (χ0v) is 42.1. The highest BCUT2D eigenvalue weighted by atomic mass is 16.7. The van der Waals surface area contributed by atoms with Gasteiger partial charge in [0.1, 0.15) is 11.9 Å². The monoisotopic (exact) mass is 961 g/mol. The number of nitrogens with one attached hydrogen (secondary N) is 1. The Bertz CT molecular complexity index is 1680. The van der Waals surface area contributed by atoms with E-state index in [1.54, 1.807) is 12.1 Å². The molecule has 0 radical (unpaired) electrons. The molecule has 3 heterocycles. The van der Waals surface area contributed by atoms with Gasteiger partial charge >= 0.3 is 5.97 Å². The van der Waals surface area contributed by atoms with Crippen molar-refractivity contribution in [2.24, 2.45) is 52.3 Å². The van der Waals surface area contributed by atoms with Crippen molar-refractivity contribution < 1.29 is 63.5 Å². The van der Waals surface area contributed by atoms with Gasteiger partial charge in [-0.05, 0) is 147 Å². The van der Waals surface area contributed by atoms with Gasteiger partial charge in [-0.15, -0.1) is 0 Å². The second-order valence-corrected chi connectivity index (χ2v) is 22.0. The third-order valence-corrected chi connectivity index (χ3v) is 17.4. The topological polar surface area (TPSA) is 206 Å². The third-order valence-electron chi connectivity index (χ3n) is 17.4. The number of carboxylic acids is 2. The number of aliphatic carboxylic acids is 1. The second-order valence-electron chi connectivity index (χ2n) is 22.0. The summed E-state index contributed by atoms with van der Waals surface area (Å²) < 4.78 is 35.8. The van der Waals surface area contributed by atoms with Gasteiger partial charge in [0.15, 0.2) is 12.6 Å². The van der Waals surface area contributed by atoms with Crippen LogP contribution in [0.4, 0.5) is 0 Å². The number of aliphatic hydroxyl groups is 3. The van der Waals surface area contributed by atoms with Gasteiger partial charge in [-0.2, -0.15) is 0 Å². The molecule has 6 N–H and O–H groups in total. The molecule has 1 aromatic carbocycles. The van der Waals surface area contributed by atoms with Crippen molar-refractivity contribution in [2.75, 3.05) is 66.3 Å². The Hall–Kier alpha value is -2.44. The van der Waals surface area contributed by atoms with Gasteiger partial charge in [0.2, 0.25) is 0 Å². The van der Waals surface area contributed by atoms with Crippen molar-refractivity contribution in [3.63, 3.8) is 0 Å². The highest BCUT2D eigenvalue weighted by Gasteiger charge is 2.63. The first-order valence-corrected chi connectivity index (χ1v) is 26.2. The zero-order chi connectivity index (χ0) is 49.0. The van der Waals surface area contributed by atoms with Crippen LogP contribution in [0.15, 0.2) is 24.3 Å². The van der Waals surface area contributed by atoms with E-state index in [9.17, 15) is 20.1 Å². The molecule has 4 aliphatic carbocycles. The van der Waals surface area contributed by atoms with Crippen molar-refractivity contribution in [1.82, 2.24) is 10.2 Å². The summed E-state index contributed by atoms with van der Waals surface area (Å²) in [5.74, 6) is 3.31. The van der Waals surface area contributed by atoms with Crippen molar-refractivity contribution in [3.8, 4) is 5.75 Å². The van der Waals surface area contributed by atoms with Crippen molar-refractivity contribution in [2.45, 2.75) is 168 Å². The Morgan fingerprint density at radius 3 is 2.18 bits per heavy atom. The van der Waals surface area contributed by atoms with Crippen molar-refractivity contribution in [3.05, 3.63) is 29.8 Å². The Morgan fingerprint density at radius 2 is 1.49 bits per heavy atom. The molecule has 16 atom stereocenters. The van der Waals surface area contributed by atoms with E-state index in [-0.39, 0.29) is 29.8 Å². The normalized spacial score (nSPS) is 37.9. The molecule has 4 saturated carbocycles. The maximum absolute atomic E-state index is 10.9. The Labute approximate surface area is 406 Å². The van der Waals surface area contributed by atoms with Crippen LogP contribution in [-0.2, 0) is 28.5 Å². The molecule has 15 nitrogen and oxygen atoms in total. The molecule has 1 aromatic rings. The van der Waals surface area contributed by atoms with Gasteiger partial charge in [-0.25, -0.2) is 4.79 Å². The number of hydrogen-bond donors (Lipinski definition) is 6. The minimum absolute atomic E-state index is 0.113. The Morgan fingerprint density at radius 1 is 0.809 bits per heavy atom. The van der Waals surface area contributed by atoms with Crippen LogP contribution < -0.4 is 10.1 Å². The van der Waals surface area contributed by atoms with Gasteiger partial charge in [0.25, 0.3) is 5.97 Å². The van der Waals surface area contributed by atoms with E-state index in [1.165, 1.54) is 70.6 Å². The van der Waals surface area contributed by atoms with Crippen LogP contribution in [-0.4, -0.2) is 152 Å². The average molecular weight is 961 g/mol. The number of carboxylic acid groups (broad SMARTS) is 2. The summed E-state index contributed by atoms with van der Waals surface area (Å²) in [6.45, 7) is 18.9. The lowest BCUT2D eigenvalue weighted by Gasteiger charge is -2.61. The minimum atomic E-state index is -0.923. The number of aromatic carboxylic acids is 1. The standard InChI is InChI=1S/C43H76N2O8.C8H8O3.C2H4O2/c1-28(26-44-15-16-45-17-20-49-21-18-45)6-5-7-29(2)41-38(53-40-25-37(36(48)27-51-40)52-39-23-32(47)12-19-50-39)24-35-33-9-8-30-22-31(46)10-13-42(30,3)34(33)11-14-43(35,41)4;1-11-7-4-2-6(3-5-7)8(9)10;1-2(3)4/h28-41,44,46-48H,5-27H2,1-4H3;2-5H,1H3,(H,9,10);1H3,(H,3,4)/t28?,29-,30?,31?,32?,33?,34?,35?,36?,37?,38?,39?,40?,41?,42?,43?;;/m1../s1. The fourth-order valence-corrected chi connectivity index (χ4v) is 13.8. The largest absolute Gasteiger partial charge is 0.497 e. The van der Waals surface area contributed by atoms with Crippen molar-refractivity contribution in [1.29, 1.82) is 0 Å². The number of hydrogen-bond acceptors (Lipinski definition) is 13. The first kappa shape index (κ1) is 54.9. The van der Waals surface area contributed by atoms with Crippen LogP contribution in [0.3, 0.4) is 0 Å². The molecular weight excluding hydrogens is 873 g/mol. The lowest BCUT2D eigenvalue weighted by Crippen LogP contribution is -2.54. The summed E-state index contributed by atoms with van der Waals surface area (Å²) in [5.41, 5.74) is 0.842. The summed E-state index contributed by atoms with van der Waals surface area (Å²) in [6.07, 6.45) is 12.0. The Balaban J connectivity index is 0.000000435. The van der Waals surface area contributed by atoms with E-state index >= 15 is 0 Å². The van der Waals surface area contributed by atoms with Gasteiger partial charge in [-0.1, -0.05) is 40.5 Å². The minimum Gasteiger partial charge on any atom is -0.497 e. The first-order valence-electron chi connectivity index (χ1n) is 26.2. The van der Waals surface area contributed by atoms with Gasteiger partial charge < -0.3 is 59.3 Å². The van der Waals surface area contributed by atoms with Crippen LogP contribution >= 0.6 is 0 Å². The average Bonchev–Trinajstić information content (AvgIpc) is 3.61. The van der Waals surface area contributed by atoms with Crippen LogP contribution in [0, 0.1) is 52.3 Å². The van der Waals surface area contributed by atoms with Crippen LogP contribution in [0.2, 0.25) is 0 Å². The summed E-state index contributed by atoms with van der Waals surface area (Å²) in [4.78, 5) is 21.9.